The van der Waals surface area contributed by atoms with E-state index in [1.807, 2.05) is 0 Å². The first-order chi connectivity index (χ1) is 4.74. The fourth-order valence-corrected chi connectivity index (χ4v) is 2.75. The van der Waals surface area contributed by atoms with Gasteiger partial charge in [-0.05, 0) is 30.1 Å². The van der Waals surface area contributed by atoms with Gasteiger partial charge in [0.15, 0.2) is 0 Å². The maximum Gasteiger partial charge on any atom is 0.0627 e. The lowest BCUT2D eigenvalue weighted by atomic mass is 9.35. The summed E-state index contributed by atoms with van der Waals surface area (Å²) >= 11 is 0. The highest BCUT2D eigenvalue weighted by molar-refractivity contribution is 5.18. The SMILES string of the molecule is N#CCC12CC(CO)(C1)C2. The van der Waals surface area contributed by atoms with Crippen molar-refractivity contribution in [3.05, 3.63) is 0 Å². The number of aliphatic hydroxyl groups excluding tert-OH is 1. The Morgan fingerprint density at radius 3 is 2.30 bits per heavy atom. The van der Waals surface area contributed by atoms with Gasteiger partial charge in [-0.1, -0.05) is 0 Å². The van der Waals surface area contributed by atoms with Crippen LogP contribution in [0, 0.1) is 22.2 Å². The Bertz CT molecular complexity index is 184. The predicted molar refractivity (Wildman–Crippen MR) is 36.0 cm³/mol. The fourth-order valence-electron chi connectivity index (χ4n) is 2.75. The molecule has 0 aliphatic heterocycles. The second-order valence-electron chi connectivity index (χ2n) is 4.02. The maximum atomic E-state index is 8.88. The molecule has 3 saturated carbocycles. The number of aliphatic hydroxyl groups is 1. The summed E-state index contributed by atoms with van der Waals surface area (Å²) in [6.45, 7) is 0.334. The van der Waals surface area contributed by atoms with Gasteiger partial charge in [-0.3, -0.25) is 0 Å². The van der Waals surface area contributed by atoms with Crippen molar-refractivity contribution in [1.82, 2.24) is 0 Å². The standard InChI is InChI=1S/C8H11NO/c9-2-1-7-3-8(4-7,5-7)6-10/h10H,1,3-6H2. The Morgan fingerprint density at radius 2 is 1.90 bits per heavy atom. The summed E-state index contributed by atoms with van der Waals surface area (Å²) in [6.07, 6.45) is 4.01. The van der Waals surface area contributed by atoms with E-state index in [0.717, 1.165) is 19.3 Å². The van der Waals surface area contributed by atoms with Crippen LogP contribution in [0.2, 0.25) is 0 Å². The largest absolute Gasteiger partial charge is 0.396 e. The van der Waals surface area contributed by atoms with Crippen LogP contribution in [0.3, 0.4) is 0 Å². The molecule has 0 aromatic carbocycles. The second-order valence-corrected chi connectivity index (χ2v) is 4.02. The smallest absolute Gasteiger partial charge is 0.0627 e. The van der Waals surface area contributed by atoms with Gasteiger partial charge in [0.25, 0.3) is 0 Å². The quantitative estimate of drug-likeness (QED) is 0.618. The minimum atomic E-state index is 0.275. The molecule has 1 N–H and O–H groups in total. The van der Waals surface area contributed by atoms with E-state index in [2.05, 4.69) is 6.07 Å². The van der Waals surface area contributed by atoms with Crippen LogP contribution in [0.25, 0.3) is 0 Å². The third kappa shape index (κ3) is 0.518. The van der Waals surface area contributed by atoms with Crippen LogP contribution in [-0.2, 0) is 0 Å². The first kappa shape index (κ1) is 6.18. The van der Waals surface area contributed by atoms with E-state index in [1.165, 1.54) is 0 Å². The molecule has 0 aromatic rings. The molecule has 3 aliphatic carbocycles. The molecule has 3 aliphatic rings. The summed E-state index contributed by atoms with van der Waals surface area (Å²) in [4.78, 5) is 0. The molecule has 0 heterocycles. The Balaban J connectivity index is 1.93. The number of hydrogen-bond acceptors (Lipinski definition) is 2. The van der Waals surface area contributed by atoms with Crippen molar-refractivity contribution in [2.45, 2.75) is 25.7 Å². The molecule has 2 heteroatoms. The van der Waals surface area contributed by atoms with Crippen molar-refractivity contribution in [1.29, 1.82) is 5.26 Å². The monoisotopic (exact) mass is 137 g/mol. The zero-order chi connectivity index (χ0) is 7.24. The van der Waals surface area contributed by atoms with Crippen molar-refractivity contribution in [3.8, 4) is 6.07 Å². The number of hydrogen-bond donors (Lipinski definition) is 1. The van der Waals surface area contributed by atoms with E-state index >= 15 is 0 Å². The van der Waals surface area contributed by atoms with Gasteiger partial charge in [0.2, 0.25) is 0 Å². The minimum absolute atomic E-state index is 0.275. The van der Waals surface area contributed by atoms with Gasteiger partial charge in [-0.15, -0.1) is 0 Å². The van der Waals surface area contributed by atoms with Crippen LogP contribution in [0.4, 0.5) is 0 Å². The molecule has 0 saturated heterocycles. The average Bonchev–Trinajstić information content (AvgIpc) is 1.74. The van der Waals surface area contributed by atoms with E-state index in [4.69, 9.17) is 10.4 Å². The van der Waals surface area contributed by atoms with Gasteiger partial charge < -0.3 is 5.11 Å². The molecule has 0 atom stereocenters. The predicted octanol–water partition coefficient (Wildman–Crippen LogP) is 1.06. The first-order valence-electron chi connectivity index (χ1n) is 3.72. The summed E-state index contributed by atoms with van der Waals surface area (Å²) in [5.41, 5.74) is 0.633. The molecule has 0 spiro atoms. The molecule has 0 radical (unpaired) electrons. The molecular weight excluding hydrogens is 126 g/mol. The third-order valence-electron chi connectivity index (χ3n) is 3.04. The van der Waals surface area contributed by atoms with Gasteiger partial charge in [0, 0.05) is 13.0 Å². The number of nitrogens with zero attached hydrogens (tertiary/aromatic N) is 1. The van der Waals surface area contributed by atoms with Crippen molar-refractivity contribution in [2.24, 2.45) is 10.8 Å². The maximum absolute atomic E-state index is 8.88. The average molecular weight is 137 g/mol. The van der Waals surface area contributed by atoms with Crippen LogP contribution < -0.4 is 0 Å². The van der Waals surface area contributed by atoms with Gasteiger partial charge in [-0.25, -0.2) is 0 Å². The summed E-state index contributed by atoms with van der Waals surface area (Å²) < 4.78 is 0. The van der Waals surface area contributed by atoms with Crippen LogP contribution >= 0.6 is 0 Å². The highest BCUT2D eigenvalue weighted by Crippen LogP contribution is 2.74. The summed E-state index contributed by atoms with van der Waals surface area (Å²) in [6, 6.07) is 2.21. The lowest BCUT2D eigenvalue weighted by molar-refractivity contribution is -0.219. The number of nitriles is 1. The Hall–Kier alpha value is -0.550. The zero-order valence-electron chi connectivity index (χ0n) is 5.93. The molecule has 0 aromatic heterocycles. The van der Waals surface area contributed by atoms with Gasteiger partial charge in [0.1, 0.15) is 0 Å². The van der Waals surface area contributed by atoms with Gasteiger partial charge >= 0.3 is 0 Å². The third-order valence-corrected chi connectivity index (χ3v) is 3.04. The van der Waals surface area contributed by atoms with E-state index in [1.54, 1.807) is 0 Å². The summed E-state index contributed by atoms with van der Waals surface area (Å²) in [5.74, 6) is 0. The van der Waals surface area contributed by atoms with Crippen molar-refractivity contribution < 1.29 is 5.11 Å². The van der Waals surface area contributed by atoms with Crippen LogP contribution in [0.15, 0.2) is 0 Å². The highest BCUT2D eigenvalue weighted by atomic mass is 16.3. The second kappa shape index (κ2) is 1.54. The van der Waals surface area contributed by atoms with E-state index in [-0.39, 0.29) is 5.41 Å². The lowest BCUT2D eigenvalue weighted by Gasteiger charge is -2.69. The summed E-state index contributed by atoms with van der Waals surface area (Å²) in [7, 11) is 0. The molecule has 2 bridgehead atoms. The van der Waals surface area contributed by atoms with E-state index < -0.39 is 0 Å². The number of rotatable bonds is 2. The molecule has 54 valence electrons. The molecule has 0 amide bonds. The molecule has 3 fully saturated rings. The fraction of sp³-hybridized carbons (Fsp3) is 0.875. The Morgan fingerprint density at radius 1 is 1.30 bits per heavy atom. The van der Waals surface area contributed by atoms with Crippen LogP contribution in [0.1, 0.15) is 25.7 Å². The highest BCUT2D eigenvalue weighted by Gasteiger charge is 2.66. The normalized spacial score (nSPS) is 48.8. The molecular formula is C8H11NO. The lowest BCUT2D eigenvalue weighted by Crippen LogP contribution is -2.63. The zero-order valence-corrected chi connectivity index (χ0v) is 5.93. The summed E-state index contributed by atoms with van der Waals surface area (Å²) in [5, 5.41) is 17.3. The van der Waals surface area contributed by atoms with Crippen molar-refractivity contribution >= 4 is 0 Å². The first-order valence-corrected chi connectivity index (χ1v) is 3.72. The van der Waals surface area contributed by atoms with E-state index in [0.29, 0.717) is 18.4 Å². The van der Waals surface area contributed by atoms with Crippen molar-refractivity contribution in [2.75, 3.05) is 6.61 Å². The Kier molecular flexibility index (Phi) is 0.952. The van der Waals surface area contributed by atoms with Gasteiger partial charge in [-0.2, -0.15) is 5.26 Å². The van der Waals surface area contributed by atoms with Crippen molar-refractivity contribution in [3.63, 3.8) is 0 Å². The minimum Gasteiger partial charge on any atom is -0.396 e. The molecule has 2 nitrogen and oxygen atoms in total. The van der Waals surface area contributed by atoms with E-state index in [9.17, 15) is 0 Å². The molecule has 0 unspecified atom stereocenters. The molecule has 10 heavy (non-hydrogen) atoms. The Labute approximate surface area is 60.5 Å². The molecule has 3 rings (SSSR count). The van der Waals surface area contributed by atoms with Crippen LogP contribution in [-0.4, -0.2) is 11.7 Å². The van der Waals surface area contributed by atoms with Gasteiger partial charge in [0.05, 0.1) is 6.07 Å². The topological polar surface area (TPSA) is 44.0 Å². The van der Waals surface area contributed by atoms with Crippen LogP contribution in [0.5, 0.6) is 0 Å².